The number of amides is 16. The van der Waals surface area contributed by atoms with E-state index in [0.29, 0.717) is 0 Å². The minimum absolute atomic E-state index is 0.0307. The average Bonchev–Trinajstić information content (AvgIpc) is 1.32. The maximum Gasteiger partial charge on any atom is 0.327 e. The second-order valence-electron chi connectivity index (χ2n) is 27.7. The molecule has 55 heteroatoms. The molecule has 0 aromatic carbocycles. The molecule has 16 amide bonds. The molecule has 0 radical (unpaired) electrons. The number of carbonyl (C=O) groups excluding carboxylic acids is 19. The Morgan fingerprint density at radius 1 is 0.553 bits per heavy atom. The summed E-state index contributed by atoms with van der Waals surface area (Å²) in [6.45, 7) is -2.10. The number of hydrogen-bond donors (Lipinski definition) is 25. The molecule has 2 aliphatic rings. The highest BCUT2D eigenvalue weighted by atomic mass is 32.1. The third kappa shape index (κ3) is 35.5. The van der Waals surface area contributed by atoms with Gasteiger partial charge in [0.05, 0.1) is 64.5 Å². The predicted molar refractivity (Wildman–Crippen MR) is 408 cm³/mol. The maximum atomic E-state index is 14.5. The Morgan fingerprint density at radius 2 is 1.00 bits per heavy atom. The summed E-state index contributed by atoms with van der Waals surface area (Å²) in [6, 6.07) is -24.1. The molecule has 0 bridgehead atoms. The molecule has 0 spiro atoms. The van der Waals surface area contributed by atoms with Gasteiger partial charge in [0.1, 0.15) is 96.9 Å². The quantitative estimate of drug-likeness (QED) is 0.0164. The molecular weight excluding hydrogens is 1670 g/mol. The van der Waals surface area contributed by atoms with Gasteiger partial charge < -0.3 is 156 Å². The third-order valence-corrected chi connectivity index (χ3v) is 18.3. The number of carbonyl (C=O) groups is 21. The van der Waals surface area contributed by atoms with Crippen molar-refractivity contribution < 1.29 is 165 Å². The number of hydrogen-bond acceptors (Lipinski definition) is 36. The lowest BCUT2D eigenvalue weighted by atomic mass is 9.96. The summed E-state index contributed by atoms with van der Waals surface area (Å²) < 4.78 is 29.1. The van der Waals surface area contributed by atoms with Crippen LogP contribution in [-0.2, 0) is 138 Å². The largest absolute Gasteiger partial charge is 0.481 e. The average molecular weight is 1780 g/mol. The zero-order valence-corrected chi connectivity index (χ0v) is 68.2. The number of ether oxygens (including phenoxy) is 5. The van der Waals surface area contributed by atoms with Crippen LogP contribution in [-0.4, -0.2) is 359 Å². The Balaban J connectivity index is 1.88. The van der Waals surface area contributed by atoms with E-state index in [2.05, 4.69) is 81.4 Å². The van der Waals surface area contributed by atoms with Crippen LogP contribution >= 0.6 is 12.6 Å². The number of carboxylic acid groups (broad SMARTS) is 2. The lowest BCUT2D eigenvalue weighted by Gasteiger charge is -2.44. The number of esters is 3. The number of aliphatic hydroxyl groups is 6. The lowest BCUT2D eigenvalue weighted by molar-refractivity contribution is -0.280. The minimum Gasteiger partial charge on any atom is -0.481 e. The smallest absolute Gasteiger partial charge is 0.327 e. The highest BCUT2D eigenvalue weighted by molar-refractivity contribution is 7.80. The summed E-state index contributed by atoms with van der Waals surface area (Å²) in [5.41, 5.74) is 16.1. The summed E-state index contributed by atoms with van der Waals surface area (Å²) in [4.78, 5) is 274. The highest BCUT2D eigenvalue weighted by Gasteiger charge is 2.52. The first-order chi connectivity index (χ1) is 57.8. The Morgan fingerprint density at radius 3 is 1.45 bits per heavy atom. The molecule has 0 saturated carbocycles. The van der Waals surface area contributed by atoms with E-state index in [0.717, 1.165) is 51.1 Å². The number of likely N-dealkylation sites (tertiary alicyclic amines) is 1. The van der Waals surface area contributed by atoms with Gasteiger partial charge in [-0.05, 0) is 52.4 Å². The van der Waals surface area contributed by atoms with E-state index >= 15 is 0 Å². The summed E-state index contributed by atoms with van der Waals surface area (Å²) in [6.07, 6.45) is -13.4. The monoisotopic (exact) mass is 1780 g/mol. The molecule has 3 rings (SSSR count). The van der Waals surface area contributed by atoms with Gasteiger partial charge in [0.25, 0.3) is 0 Å². The van der Waals surface area contributed by atoms with Crippen molar-refractivity contribution >= 4 is 137 Å². The van der Waals surface area contributed by atoms with Crippen molar-refractivity contribution in [3.8, 4) is 0 Å². The van der Waals surface area contributed by atoms with Gasteiger partial charge in [0.15, 0.2) is 18.5 Å². The van der Waals surface area contributed by atoms with E-state index in [-0.39, 0.29) is 30.8 Å². The molecule has 2 fully saturated rings. The molecule has 123 heavy (non-hydrogen) atoms. The van der Waals surface area contributed by atoms with E-state index in [9.17, 15) is 136 Å². The number of aliphatic carboxylic acids is 2. The van der Waals surface area contributed by atoms with Crippen LogP contribution in [0.15, 0.2) is 6.20 Å². The molecule has 2 saturated heterocycles. The van der Waals surface area contributed by atoms with Crippen molar-refractivity contribution in [2.45, 2.75) is 228 Å². The first-order valence-electron chi connectivity index (χ1n) is 37.8. The van der Waals surface area contributed by atoms with Gasteiger partial charge in [-0.1, -0.05) is 5.21 Å². The second kappa shape index (κ2) is 52.4. The van der Waals surface area contributed by atoms with Gasteiger partial charge in [-0.15, -0.1) is 5.10 Å². The molecule has 1 aromatic heterocycles. The molecule has 19 atom stereocenters. The fourth-order valence-corrected chi connectivity index (χ4v) is 12.0. The first kappa shape index (κ1) is 105. The number of thiol groups is 1. The topological polar surface area (TPSA) is 835 Å². The van der Waals surface area contributed by atoms with Crippen LogP contribution in [0, 0.1) is 0 Å². The Kier molecular flexibility index (Phi) is 44.8. The summed E-state index contributed by atoms with van der Waals surface area (Å²) in [5.74, 6) is -25.1. The third-order valence-electron chi connectivity index (χ3n) is 17.9. The fourth-order valence-electron chi connectivity index (χ4n) is 11.7. The van der Waals surface area contributed by atoms with Crippen LogP contribution in [0.3, 0.4) is 0 Å². The number of aliphatic hydroxyl groups excluding tert-OH is 6. The Bertz CT molecular complexity index is 3930. The normalized spacial score (nSPS) is 19.2. The van der Waals surface area contributed by atoms with Crippen molar-refractivity contribution in [2.75, 3.05) is 58.4 Å². The maximum absolute atomic E-state index is 14.5. The van der Waals surface area contributed by atoms with E-state index in [1.54, 1.807) is 0 Å². The molecule has 54 nitrogen and oxygen atoms in total. The van der Waals surface area contributed by atoms with E-state index < -0.39 is 344 Å². The zero-order chi connectivity index (χ0) is 92.8. The van der Waals surface area contributed by atoms with Crippen LogP contribution in [0.5, 0.6) is 0 Å². The second-order valence-corrected chi connectivity index (χ2v) is 28.1. The Labute approximate surface area is 704 Å². The lowest BCUT2D eigenvalue weighted by Crippen LogP contribution is -2.66. The molecule has 2 aliphatic heterocycles. The number of rotatable bonds is 53. The first-order valence-corrected chi connectivity index (χ1v) is 38.4. The molecule has 0 unspecified atom stereocenters. The van der Waals surface area contributed by atoms with Gasteiger partial charge >= 0.3 is 29.8 Å². The van der Waals surface area contributed by atoms with Crippen LogP contribution in [0.25, 0.3) is 0 Å². The van der Waals surface area contributed by atoms with E-state index in [4.69, 9.17) is 46.0 Å². The fraction of sp³-hybridized carbons (Fsp3) is 0.662. The van der Waals surface area contributed by atoms with Crippen LogP contribution in [0.2, 0.25) is 0 Å². The number of carboxylic acids is 2. The number of nitrogens with one attached hydrogen (secondary N) is 13. The molecule has 1 aromatic rings. The highest BCUT2D eigenvalue weighted by Crippen LogP contribution is 2.29. The molecular formula is C68H106N20O34S. The molecule has 688 valence electrons. The number of primary amides is 2. The van der Waals surface area contributed by atoms with Gasteiger partial charge in [-0.3, -0.25) is 101 Å². The van der Waals surface area contributed by atoms with Gasteiger partial charge in [0.2, 0.25) is 94.5 Å². The minimum atomic E-state index is -2.22. The van der Waals surface area contributed by atoms with Gasteiger partial charge in [-0.2, -0.15) is 12.6 Å². The van der Waals surface area contributed by atoms with Crippen molar-refractivity contribution in [2.24, 2.45) is 17.2 Å². The number of nitrogens with two attached hydrogens (primary N) is 3. The van der Waals surface area contributed by atoms with E-state index in [1.807, 2.05) is 10.6 Å². The molecule has 0 aliphatic carbocycles. The summed E-state index contributed by atoms with van der Waals surface area (Å²) in [5, 5.41) is 118. The SMILES string of the molecule is CC(=O)N[C@H]1[C@H](OCc2cn(CC[C@H](NC(=O)[C@H](CCC(N)=O)NC(=O)CN)C(=O)N[C@@H](CCC(=O)O)C(=O)N[C@H](C(=O)N[C@@H](CO)C(=O)N[C@@H](CCC(N)=O)C(=O)N[C@H](C(=O)N[C@@H](CO)C(=O)N[C@@H](CO)C(=O)N3CCC[C@H]3C(=O)N[C@@H](CO)C(=O)NCC(=O)N[C@@H](CS)C(=O)O)[C@@H](C)O)[C@@H](C)O)nn2)O[C@H](COC(C)=O)[C@@H](OC(C)=O)[C@@H]1OC(C)=O. The summed E-state index contributed by atoms with van der Waals surface area (Å²) >= 11 is 3.81. The van der Waals surface area contributed by atoms with E-state index in [1.165, 1.54) is 6.20 Å². The standard InChI is InChI=1S/C68H106N20O34S/c1-28(93)51(65(114)81-41(23-91)62(111)82-42(24-92)66(115)88-16-7-8-44(88)63(112)79-39(21-89)56(105)72-19-49(102)75-43(27-123)67(116)117)83-59(108)36(10-13-47(71)100)77-61(110)40(22-90)80-64(113)52(29(2)94)84-60(109)37(11-14-50(103)104)76-58(107)38(78-57(106)35(9-12-46(70)99)74-48(101)18-69)15-17-87-20-34(85-86-87)25-119-68-53(73-30(3)95)55(121-33(6)98)54(120-32(5)97)45(122-68)26-118-31(4)96/h20,28-29,35-45,51-55,68,89-94,123H,7-19,21-27,69H2,1-6H3,(H2,70,99)(H2,71,100)(H,72,105)(H,73,95)(H,74,101)(H,75,102)(H,76,107)(H,77,110)(H,78,106)(H,79,112)(H,80,113)(H,81,114)(H,82,111)(H,83,108)(H,84,109)(H,103,104)(H,116,117)/t28-,29-,35+,36+,37+,38+,39+,40+,41+,42+,43+,44+,45-,51+,52+,53-,54-,55-,68-/m1/s1. The molecule has 27 N–H and O–H groups in total. The predicted octanol–water partition coefficient (Wildman–Crippen LogP) is -15.6. The van der Waals surface area contributed by atoms with Crippen LogP contribution in [0.1, 0.15) is 105 Å². The molecule has 3 heterocycles. The number of aromatic nitrogens is 3. The van der Waals surface area contributed by atoms with Crippen LogP contribution in [0.4, 0.5) is 0 Å². The van der Waals surface area contributed by atoms with Crippen molar-refractivity contribution in [1.82, 2.24) is 89.0 Å². The Hall–Kier alpha value is -12.0. The van der Waals surface area contributed by atoms with Crippen molar-refractivity contribution in [1.29, 1.82) is 0 Å². The van der Waals surface area contributed by atoms with Gasteiger partial charge in [-0.25, -0.2) is 4.79 Å². The summed E-state index contributed by atoms with van der Waals surface area (Å²) in [7, 11) is 0. The van der Waals surface area contributed by atoms with Crippen molar-refractivity contribution in [3.63, 3.8) is 0 Å². The zero-order valence-electron chi connectivity index (χ0n) is 67.3. The van der Waals surface area contributed by atoms with Crippen LogP contribution < -0.4 is 86.3 Å². The number of aryl methyl sites for hydroxylation is 1. The van der Waals surface area contributed by atoms with Crippen molar-refractivity contribution in [3.05, 3.63) is 11.9 Å². The van der Waals surface area contributed by atoms with Gasteiger partial charge in [0, 0.05) is 65.8 Å². The number of nitrogens with zero attached hydrogens (tertiary/aromatic N) is 4.